The lowest BCUT2D eigenvalue weighted by Gasteiger charge is -2.33. The van der Waals surface area contributed by atoms with Crippen molar-refractivity contribution in [2.24, 2.45) is 0 Å². The van der Waals surface area contributed by atoms with Crippen molar-refractivity contribution < 1.29 is 22.4 Å². The molecular formula is C19H18FNO4S. The van der Waals surface area contributed by atoms with Gasteiger partial charge in [0.25, 0.3) is 0 Å². The predicted octanol–water partition coefficient (Wildman–Crippen LogP) is 2.75. The quantitative estimate of drug-likeness (QED) is 0.804. The van der Waals surface area contributed by atoms with Gasteiger partial charge in [0.2, 0.25) is 0 Å². The lowest BCUT2D eigenvalue weighted by Crippen LogP contribution is -2.32. The van der Waals surface area contributed by atoms with Gasteiger partial charge in [-0.1, -0.05) is 6.07 Å². The first-order valence-electron chi connectivity index (χ1n) is 8.59. The summed E-state index contributed by atoms with van der Waals surface area (Å²) in [6.45, 7) is 1.26. The molecule has 7 heteroatoms. The van der Waals surface area contributed by atoms with E-state index in [1.165, 1.54) is 25.1 Å². The molecule has 2 heterocycles. The minimum Gasteiger partial charge on any atom is -0.361 e. The summed E-state index contributed by atoms with van der Waals surface area (Å²) in [6, 6.07) is 4.03. The molecule has 1 aromatic carbocycles. The fourth-order valence-electron chi connectivity index (χ4n) is 4.09. The Morgan fingerprint density at radius 1 is 1.19 bits per heavy atom. The molecule has 0 spiro atoms. The van der Waals surface area contributed by atoms with Crippen molar-refractivity contribution in [3.63, 3.8) is 0 Å². The highest BCUT2D eigenvalue weighted by atomic mass is 32.2. The highest BCUT2D eigenvalue weighted by Gasteiger charge is 2.44. The van der Waals surface area contributed by atoms with Gasteiger partial charge in [0.1, 0.15) is 5.82 Å². The van der Waals surface area contributed by atoms with E-state index in [0.717, 1.165) is 12.1 Å². The van der Waals surface area contributed by atoms with Gasteiger partial charge in [-0.2, -0.15) is 0 Å². The van der Waals surface area contributed by atoms with Crippen LogP contribution in [0.15, 0.2) is 40.1 Å². The van der Waals surface area contributed by atoms with Crippen molar-refractivity contribution in [3.8, 4) is 0 Å². The van der Waals surface area contributed by atoms with Gasteiger partial charge in [0, 0.05) is 29.8 Å². The van der Waals surface area contributed by atoms with E-state index in [4.69, 9.17) is 0 Å². The van der Waals surface area contributed by atoms with E-state index in [9.17, 15) is 22.4 Å². The second-order valence-electron chi connectivity index (χ2n) is 6.93. The number of carbonyl (C=O) groups excluding carboxylic acids is 2. The second kappa shape index (κ2) is 5.87. The number of nitrogens with one attached hydrogen (secondary N) is 1. The Balaban J connectivity index is 1.96. The summed E-state index contributed by atoms with van der Waals surface area (Å²) in [5.74, 6) is -1.95. The zero-order valence-electron chi connectivity index (χ0n) is 14.3. The summed E-state index contributed by atoms with van der Waals surface area (Å²) in [4.78, 5) is 24.6. The number of halogens is 1. The lowest BCUT2D eigenvalue weighted by molar-refractivity contribution is -0.116. The van der Waals surface area contributed by atoms with Crippen molar-refractivity contribution in [1.82, 2.24) is 5.32 Å². The molecule has 0 radical (unpaired) electrons. The lowest BCUT2D eigenvalue weighted by atomic mass is 9.79. The fraction of sp³-hybridized carbons (Fsp3) is 0.368. The van der Waals surface area contributed by atoms with E-state index >= 15 is 0 Å². The van der Waals surface area contributed by atoms with Gasteiger partial charge in [-0.05, 0) is 37.5 Å². The number of dihydropyridines is 1. The van der Waals surface area contributed by atoms with Crippen molar-refractivity contribution in [2.45, 2.75) is 38.5 Å². The Labute approximate surface area is 150 Å². The molecule has 0 saturated carbocycles. The maximum absolute atomic E-state index is 14.0. The Bertz CT molecular complexity index is 1020. The van der Waals surface area contributed by atoms with Gasteiger partial charge >= 0.3 is 0 Å². The van der Waals surface area contributed by atoms with Gasteiger partial charge < -0.3 is 5.32 Å². The van der Waals surface area contributed by atoms with Gasteiger partial charge in [-0.3, -0.25) is 9.59 Å². The average molecular weight is 375 g/mol. The maximum Gasteiger partial charge on any atom is 0.177 e. The van der Waals surface area contributed by atoms with Crippen LogP contribution in [0.5, 0.6) is 0 Å². The third-order valence-electron chi connectivity index (χ3n) is 5.27. The Hall–Kier alpha value is -2.28. The predicted molar refractivity (Wildman–Crippen MR) is 93.6 cm³/mol. The molecule has 0 amide bonds. The number of hydrogen-bond donors (Lipinski definition) is 1. The standard InChI is InChI=1S/C19H18FNO4S/c1-10(22)12-9-11(5-6-13(12)20)17-18-14(3-2-4-16(18)23)21-15-7-8-26(24,25)19(15)17/h5-6,9,17,21H,2-4,7-8H2,1H3/t17-/m0/s1. The number of Topliss-reactive ketones (excluding diaryl/α,β-unsaturated/α-hetero) is 2. The van der Waals surface area contributed by atoms with Crippen LogP contribution in [0.25, 0.3) is 0 Å². The number of carbonyl (C=O) groups is 2. The van der Waals surface area contributed by atoms with Crippen molar-refractivity contribution >= 4 is 21.4 Å². The first-order valence-corrected chi connectivity index (χ1v) is 10.2. The van der Waals surface area contributed by atoms with E-state index in [1.807, 2.05) is 0 Å². The molecule has 5 nitrogen and oxygen atoms in total. The van der Waals surface area contributed by atoms with E-state index in [-0.39, 0.29) is 22.0 Å². The summed E-state index contributed by atoms with van der Waals surface area (Å²) in [7, 11) is -3.51. The number of sulfone groups is 1. The van der Waals surface area contributed by atoms with Crippen LogP contribution in [-0.2, 0) is 14.6 Å². The summed E-state index contributed by atoms with van der Waals surface area (Å²) in [5, 5.41) is 3.17. The van der Waals surface area contributed by atoms with Crippen LogP contribution in [0.4, 0.5) is 4.39 Å². The molecule has 0 bridgehead atoms. The van der Waals surface area contributed by atoms with Gasteiger partial charge in [0.15, 0.2) is 21.4 Å². The maximum atomic E-state index is 14.0. The van der Waals surface area contributed by atoms with Gasteiger partial charge in [-0.15, -0.1) is 0 Å². The van der Waals surface area contributed by atoms with Crippen LogP contribution in [0.3, 0.4) is 0 Å². The highest BCUT2D eigenvalue weighted by molar-refractivity contribution is 7.95. The molecule has 136 valence electrons. The fourth-order valence-corrected chi connectivity index (χ4v) is 5.92. The van der Waals surface area contributed by atoms with E-state index < -0.39 is 27.4 Å². The zero-order chi connectivity index (χ0) is 18.6. The normalized spacial score (nSPS) is 24.2. The highest BCUT2D eigenvalue weighted by Crippen LogP contribution is 2.47. The molecule has 1 atom stereocenters. The van der Waals surface area contributed by atoms with Gasteiger partial charge in [0.05, 0.1) is 22.1 Å². The summed E-state index contributed by atoms with van der Waals surface area (Å²) < 4.78 is 39.3. The number of allylic oxidation sites excluding steroid dienone is 4. The molecule has 2 aliphatic heterocycles. The number of ketones is 2. The van der Waals surface area contributed by atoms with Gasteiger partial charge in [-0.25, -0.2) is 12.8 Å². The molecular weight excluding hydrogens is 357 g/mol. The molecule has 0 aromatic heterocycles. The Morgan fingerprint density at radius 2 is 1.96 bits per heavy atom. The molecule has 0 fully saturated rings. The SMILES string of the molecule is CC(=O)c1cc([C@H]2C3=C(CCCC3=O)NC3=C2S(=O)(=O)CC3)ccc1F. The first kappa shape index (κ1) is 17.1. The van der Waals surface area contributed by atoms with Crippen molar-refractivity contribution in [2.75, 3.05) is 5.75 Å². The Kier molecular flexibility index (Phi) is 3.87. The van der Waals surface area contributed by atoms with E-state index in [2.05, 4.69) is 5.32 Å². The van der Waals surface area contributed by atoms with Crippen LogP contribution >= 0.6 is 0 Å². The number of rotatable bonds is 2. The number of benzene rings is 1. The topological polar surface area (TPSA) is 80.3 Å². The van der Waals surface area contributed by atoms with Crippen LogP contribution in [0, 0.1) is 5.82 Å². The zero-order valence-corrected chi connectivity index (χ0v) is 15.1. The third-order valence-corrected chi connectivity index (χ3v) is 7.16. The van der Waals surface area contributed by atoms with Crippen LogP contribution in [0.2, 0.25) is 0 Å². The largest absolute Gasteiger partial charge is 0.361 e. The smallest absolute Gasteiger partial charge is 0.177 e. The Morgan fingerprint density at radius 3 is 2.69 bits per heavy atom. The molecule has 1 aromatic rings. The molecule has 1 aliphatic carbocycles. The minimum absolute atomic E-state index is 0.00330. The first-order chi connectivity index (χ1) is 12.3. The molecule has 3 aliphatic rings. The molecule has 1 N–H and O–H groups in total. The third kappa shape index (κ3) is 2.53. The summed E-state index contributed by atoms with van der Waals surface area (Å²) in [6.07, 6.45) is 2.13. The van der Waals surface area contributed by atoms with Crippen LogP contribution < -0.4 is 5.32 Å². The van der Waals surface area contributed by atoms with Crippen molar-refractivity contribution in [1.29, 1.82) is 0 Å². The monoisotopic (exact) mass is 375 g/mol. The molecule has 26 heavy (non-hydrogen) atoms. The summed E-state index contributed by atoms with van der Waals surface area (Å²) >= 11 is 0. The number of hydrogen-bond acceptors (Lipinski definition) is 5. The molecule has 0 saturated heterocycles. The molecule has 0 unspecified atom stereocenters. The van der Waals surface area contributed by atoms with Crippen LogP contribution in [0.1, 0.15) is 54.4 Å². The average Bonchev–Trinajstić information content (AvgIpc) is 2.89. The van der Waals surface area contributed by atoms with Crippen molar-refractivity contribution in [3.05, 3.63) is 57.0 Å². The summed E-state index contributed by atoms with van der Waals surface area (Å²) in [5.41, 5.74) is 2.21. The van der Waals surface area contributed by atoms with Crippen LogP contribution in [-0.4, -0.2) is 25.7 Å². The van der Waals surface area contributed by atoms with E-state index in [1.54, 1.807) is 0 Å². The molecule has 4 rings (SSSR count). The van der Waals surface area contributed by atoms with E-state index in [0.29, 0.717) is 36.1 Å². The minimum atomic E-state index is -3.51. The second-order valence-corrected chi connectivity index (χ2v) is 9.01.